The number of allylic oxidation sites excluding steroid dienone is 1. The Bertz CT molecular complexity index is 387. The Balaban J connectivity index is 2.91. The molecule has 0 aromatic rings. The van der Waals surface area contributed by atoms with Crippen LogP contribution in [-0.2, 0) is 9.47 Å². The molecule has 16 heavy (non-hydrogen) atoms. The Morgan fingerprint density at radius 2 is 2.25 bits per heavy atom. The van der Waals surface area contributed by atoms with Crippen LogP contribution in [0.15, 0.2) is 24.0 Å². The number of ether oxygens (including phenoxy) is 2. The first-order valence-corrected chi connectivity index (χ1v) is 4.97. The van der Waals surface area contributed by atoms with Gasteiger partial charge in [-0.25, -0.2) is 0 Å². The zero-order valence-electron chi connectivity index (χ0n) is 9.43. The summed E-state index contributed by atoms with van der Waals surface area (Å²) in [5, 5.41) is 17.7. The molecule has 0 amide bonds. The molecule has 84 valence electrons. The smallest absolute Gasteiger partial charge is 0.114 e. The summed E-state index contributed by atoms with van der Waals surface area (Å²) in [7, 11) is 3.14. The standard InChI is InChI=1S/C12H14N2O2/c1-15-11-3-6-12(16-2,7-4-11)10(9-14)5-8-13/h3-4,6,10H,5,7H2,1-2H3. The lowest BCUT2D eigenvalue weighted by Gasteiger charge is -2.33. The van der Waals surface area contributed by atoms with Crippen molar-refractivity contribution in [2.45, 2.75) is 18.4 Å². The van der Waals surface area contributed by atoms with Crippen LogP contribution >= 0.6 is 0 Å². The molecule has 4 heteroatoms. The van der Waals surface area contributed by atoms with Crippen LogP contribution in [0.5, 0.6) is 0 Å². The summed E-state index contributed by atoms with van der Waals surface area (Å²) in [5.74, 6) is 0.287. The van der Waals surface area contributed by atoms with E-state index < -0.39 is 11.5 Å². The van der Waals surface area contributed by atoms with Gasteiger partial charge in [0.15, 0.2) is 0 Å². The molecule has 0 aromatic carbocycles. The number of nitriles is 2. The van der Waals surface area contributed by atoms with Gasteiger partial charge in [0.05, 0.1) is 31.6 Å². The van der Waals surface area contributed by atoms with Gasteiger partial charge in [0.1, 0.15) is 11.4 Å². The molecule has 4 nitrogen and oxygen atoms in total. The van der Waals surface area contributed by atoms with Crippen molar-refractivity contribution in [1.82, 2.24) is 0 Å². The van der Waals surface area contributed by atoms with Crippen molar-refractivity contribution in [3.05, 3.63) is 24.0 Å². The zero-order chi connectivity index (χ0) is 12.0. The predicted octanol–water partition coefficient (Wildman–Crippen LogP) is 1.92. The first-order chi connectivity index (χ1) is 7.72. The van der Waals surface area contributed by atoms with Gasteiger partial charge in [0.2, 0.25) is 0 Å². The fraction of sp³-hybridized carbons (Fsp3) is 0.500. The minimum Gasteiger partial charge on any atom is -0.497 e. The van der Waals surface area contributed by atoms with E-state index in [1.165, 1.54) is 0 Å². The van der Waals surface area contributed by atoms with Gasteiger partial charge in [-0.2, -0.15) is 10.5 Å². The van der Waals surface area contributed by atoms with E-state index in [1.54, 1.807) is 26.4 Å². The molecule has 0 spiro atoms. The molecule has 0 fully saturated rings. The van der Waals surface area contributed by atoms with Crippen LogP contribution in [0.4, 0.5) is 0 Å². The number of methoxy groups -OCH3 is 2. The quantitative estimate of drug-likeness (QED) is 0.723. The first kappa shape index (κ1) is 12.3. The molecule has 0 aromatic heterocycles. The van der Waals surface area contributed by atoms with Crippen LogP contribution < -0.4 is 0 Å². The van der Waals surface area contributed by atoms with E-state index in [1.807, 2.05) is 12.1 Å². The molecule has 0 N–H and O–H groups in total. The van der Waals surface area contributed by atoms with E-state index in [-0.39, 0.29) is 6.42 Å². The molecule has 2 unspecified atom stereocenters. The first-order valence-electron chi connectivity index (χ1n) is 4.97. The monoisotopic (exact) mass is 218 g/mol. The lowest BCUT2D eigenvalue weighted by atomic mass is 9.81. The summed E-state index contributed by atoms with van der Waals surface area (Å²) in [4.78, 5) is 0. The van der Waals surface area contributed by atoms with E-state index in [9.17, 15) is 0 Å². The molecule has 2 atom stereocenters. The third-order valence-electron chi connectivity index (χ3n) is 2.81. The normalized spacial score (nSPS) is 25.1. The second-order valence-corrected chi connectivity index (χ2v) is 3.55. The fourth-order valence-electron chi connectivity index (χ4n) is 1.74. The topological polar surface area (TPSA) is 66.0 Å². The SMILES string of the molecule is COC1=CCC(OC)(C(C#N)CC#N)C=C1. The molecule has 1 rings (SSSR count). The van der Waals surface area contributed by atoms with Crippen molar-refractivity contribution in [3.63, 3.8) is 0 Å². The van der Waals surface area contributed by atoms with Gasteiger partial charge in [0.25, 0.3) is 0 Å². The highest BCUT2D eigenvalue weighted by Gasteiger charge is 2.37. The maximum absolute atomic E-state index is 9.06. The minimum absolute atomic E-state index is 0.158. The Kier molecular flexibility index (Phi) is 4.10. The van der Waals surface area contributed by atoms with Gasteiger partial charge in [-0.05, 0) is 18.2 Å². The van der Waals surface area contributed by atoms with Crippen LogP contribution in [0.2, 0.25) is 0 Å². The van der Waals surface area contributed by atoms with Crippen LogP contribution in [0.3, 0.4) is 0 Å². The largest absolute Gasteiger partial charge is 0.497 e. The van der Waals surface area contributed by atoms with Crippen LogP contribution in [0, 0.1) is 28.6 Å². The van der Waals surface area contributed by atoms with E-state index in [0.29, 0.717) is 6.42 Å². The molecular weight excluding hydrogens is 204 g/mol. The van der Waals surface area contributed by atoms with Crippen LogP contribution in [0.25, 0.3) is 0 Å². The number of nitrogens with zero attached hydrogens (tertiary/aromatic N) is 2. The van der Waals surface area contributed by atoms with E-state index in [4.69, 9.17) is 20.0 Å². The molecule has 0 bridgehead atoms. The van der Waals surface area contributed by atoms with Crippen LogP contribution in [0.1, 0.15) is 12.8 Å². The molecular formula is C12H14N2O2. The average molecular weight is 218 g/mol. The Morgan fingerprint density at radius 3 is 2.62 bits per heavy atom. The van der Waals surface area contributed by atoms with Crippen molar-refractivity contribution in [2.24, 2.45) is 5.92 Å². The minimum atomic E-state index is -0.702. The molecule has 0 heterocycles. The molecule has 0 saturated heterocycles. The lowest BCUT2D eigenvalue weighted by molar-refractivity contribution is 0.00134. The van der Waals surface area contributed by atoms with Gasteiger partial charge in [-0.1, -0.05) is 0 Å². The number of rotatable bonds is 4. The summed E-state index contributed by atoms with van der Waals surface area (Å²) in [5.41, 5.74) is -0.702. The van der Waals surface area contributed by atoms with Gasteiger partial charge in [-0.3, -0.25) is 0 Å². The van der Waals surface area contributed by atoms with Crippen molar-refractivity contribution < 1.29 is 9.47 Å². The Labute approximate surface area is 95.4 Å². The maximum atomic E-state index is 9.06. The summed E-state index contributed by atoms with van der Waals surface area (Å²) in [6.07, 6.45) is 6.14. The highest BCUT2D eigenvalue weighted by molar-refractivity contribution is 5.27. The van der Waals surface area contributed by atoms with Crippen LogP contribution in [-0.4, -0.2) is 19.8 Å². The van der Waals surface area contributed by atoms with Gasteiger partial charge in [0, 0.05) is 13.5 Å². The third kappa shape index (κ3) is 2.24. The van der Waals surface area contributed by atoms with Gasteiger partial charge < -0.3 is 9.47 Å². The fourth-order valence-corrected chi connectivity index (χ4v) is 1.74. The number of hydrogen-bond acceptors (Lipinski definition) is 4. The van der Waals surface area contributed by atoms with Crippen molar-refractivity contribution >= 4 is 0 Å². The highest BCUT2D eigenvalue weighted by Crippen LogP contribution is 2.33. The third-order valence-corrected chi connectivity index (χ3v) is 2.81. The van der Waals surface area contributed by atoms with Crippen molar-refractivity contribution in [1.29, 1.82) is 10.5 Å². The molecule has 0 radical (unpaired) electrons. The van der Waals surface area contributed by atoms with Gasteiger partial charge in [-0.15, -0.1) is 0 Å². The summed E-state index contributed by atoms with van der Waals surface area (Å²) >= 11 is 0. The molecule has 1 aliphatic rings. The zero-order valence-corrected chi connectivity index (χ0v) is 9.43. The van der Waals surface area contributed by atoms with Crippen molar-refractivity contribution in [2.75, 3.05) is 14.2 Å². The Morgan fingerprint density at radius 1 is 1.50 bits per heavy atom. The van der Waals surface area contributed by atoms with E-state index in [2.05, 4.69) is 6.07 Å². The van der Waals surface area contributed by atoms with Gasteiger partial charge >= 0.3 is 0 Å². The lowest BCUT2D eigenvalue weighted by Crippen LogP contribution is -2.38. The Hall–Kier alpha value is -1.78. The number of hydrogen-bond donors (Lipinski definition) is 0. The summed E-state index contributed by atoms with van der Waals surface area (Å²) in [6.45, 7) is 0. The summed E-state index contributed by atoms with van der Waals surface area (Å²) in [6, 6.07) is 4.14. The second kappa shape index (κ2) is 5.34. The molecule has 0 aliphatic heterocycles. The highest BCUT2D eigenvalue weighted by atomic mass is 16.5. The summed E-state index contributed by atoms with van der Waals surface area (Å²) < 4.78 is 10.5. The average Bonchev–Trinajstić information content (AvgIpc) is 2.36. The maximum Gasteiger partial charge on any atom is 0.114 e. The molecule has 1 aliphatic carbocycles. The van der Waals surface area contributed by atoms with Crippen molar-refractivity contribution in [3.8, 4) is 12.1 Å². The second-order valence-electron chi connectivity index (χ2n) is 3.55. The predicted molar refractivity (Wildman–Crippen MR) is 57.9 cm³/mol. The van der Waals surface area contributed by atoms with E-state index >= 15 is 0 Å². The van der Waals surface area contributed by atoms with E-state index in [0.717, 1.165) is 5.76 Å². The molecule has 0 saturated carbocycles.